The molecule has 41 heavy (non-hydrogen) atoms. The predicted molar refractivity (Wildman–Crippen MR) is 157 cm³/mol. The van der Waals surface area contributed by atoms with Gasteiger partial charge in [0.15, 0.2) is 5.78 Å². The number of aromatic nitrogens is 2. The Balaban J connectivity index is 1.45. The first-order valence-corrected chi connectivity index (χ1v) is 13.3. The second kappa shape index (κ2) is 11.8. The molecule has 0 fully saturated rings. The molecule has 0 N–H and O–H groups in total. The van der Waals surface area contributed by atoms with Gasteiger partial charge >= 0.3 is 5.97 Å². The molecule has 0 atom stereocenters. The van der Waals surface area contributed by atoms with E-state index < -0.39 is 5.97 Å². The molecule has 2 aromatic heterocycles. The number of carbonyl (C=O) groups is 3. The molecule has 0 radical (unpaired) electrons. The van der Waals surface area contributed by atoms with Crippen LogP contribution in [-0.2, 0) is 23.0 Å². The summed E-state index contributed by atoms with van der Waals surface area (Å²) in [5, 5.41) is 10.6. The maximum atomic E-state index is 13.9. The fraction of sp³-hybridized carbons (Fsp3) is 0.182. The summed E-state index contributed by atoms with van der Waals surface area (Å²) < 4.78 is 7.00. The van der Waals surface area contributed by atoms with Crippen molar-refractivity contribution in [1.29, 1.82) is 5.26 Å². The maximum Gasteiger partial charge on any atom is 0.326 e. The van der Waals surface area contributed by atoms with E-state index in [9.17, 15) is 14.4 Å². The number of nitrogens with zero attached hydrogens (tertiary/aromatic N) is 4. The molecule has 0 spiro atoms. The quantitative estimate of drug-likeness (QED) is 0.176. The van der Waals surface area contributed by atoms with Crippen molar-refractivity contribution in [3.63, 3.8) is 0 Å². The number of esters is 1. The number of fused-ring (bicyclic) bond motifs is 2. The van der Waals surface area contributed by atoms with Crippen LogP contribution in [0.2, 0.25) is 0 Å². The van der Waals surface area contributed by atoms with E-state index in [4.69, 9.17) is 10.00 Å². The molecule has 0 saturated heterocycles. The lowest BCUT2D eigenvalue weighted by Crippen LogP contribution is -2.37. The van der Waals surface area contributed by atoms with Crippen molar-refractivity contribution in [2.24, 2.45) is 7.05 Å². The van der Waals surface area contributed by atoms with E-state index in [1.54, 1.807) is 55.7 Å². The topological polar surface area (TPSA) is 105 Å². The fourth-order valence-corrected chi connectivity index (χ4v) is 4.94. The van der Waals surface area contributed by atoms with Crippen LogP contribution in [0.25, 0.3) is 21.8 Å². The number of para-hydroxylation sites is 1. The van der Waals surface area contributed by atoms with Gasteiger partial charge in [0.2, 0.25) is 0 Å². The van der Waals surface area contributed by atoms with Gasteiger partial charge in [0.05, 0.1) is 29.4 Å². The van der Waals surface area contributed by atoms with Gasteiger partial charge in [-0.1, -0.05) is 36.4 Å². The van der Waals surface area contributed by atoms with Gasteiger partial charge in [-0.05, 0) is 55.3 Å². The summed E-state index contributed by atoms with van der Waals surface area (Å²) in [5.74, 6) is -0.915. The number of aryl methyl sites for hydroxylation is 2. The van der Waals surface area contributed by atoms with E-state index in [1.807, 2.05) is 48.0 Å². The van der Waals surface area contributed by atoms with Crippen molar-refractivity contribution in [2.75, 3.05) is 18.1 Å². The van der Waals surface area contributed by atoms with Crippen LogP contribution in [0.4, 0.5) is 5.69 Å². The van der Waals surface area contributed by atoms with E-state index in [0.29, 0.717) is 40.7 Å². The minimum atomic E-state index is -0.524. The molecular weight excluding hydrogens is 516 g/mol. The zero-order valence-electron chi connectivity index (χ0n) is 22.8. The molecule has 5 rings (SSSR count). The molecule has 0 aliphatic heterocycles. The normalized spacial score (nSPS) is 10.9. The zero-order chi connectivity index (χ0) is 28.9. The number of benzene rings is 3. The minimum absolute atomic E-state index is 0.00944. The summed E-state index contributed by atoms with van der Waals surface area (Å²) in [4.78, 5) is 45.5. The molecule has 0 bridgehead atoms. The van der Waals surface area contributed by atoms with Crippen molar-refractivity contribution in [3.05, 3.63) is 107 Å². The lowest BCUT2D eigenvalue weighted by molar-refractivity contribution is -0.141. The average Bonchev–Trinajstić information content (AvgIpc) is 3.34. The molecule has 0 unspecified atom stereocenters. The molecule has 204 valence electrons. The van der Waals surface area contributed by atoms with Crippen molar-refractivity contribution in [1.82, 2.24) is 9.55 Å². The Labute approximate surface area is 237 Å². The van der Waals surface area contributed by atoms with E-state index in [-0.39, 0.29) is 24.8 Å². The van der Waals surface area contributed by atoms with Crippen LogP contribution in [0, 0.1) is 11.3 Å². The monoisotopic (exact) mass is 544 g/mol. The first-order valence-electron chi connectivity index (χ1n) is 13.3. The first kappa shape index (κ1) is 27.3. The highest BCUT2D eigenvalue weighted by Gasteiger charge is 2.25. The van der Waals surface area contributed by atoms with Crippen molar-refractivity contribution < 1.29 is 19.1 Å². The largest absolute Gasteiger partial charge is 0.465 e. The Bertz CT molecular complexity index is 1810. The van der Waals surface area contributed by atoms with Crippen molar-refractivity contribution in [3.8, 4) is 6.07 Å². The second-order valence-electron chi connectivity index (χ2n) is 9.67. The smallest absolute Gasteiger partial charge is 0.326 e. The number of ether oxygens (including phenoxy) is 1. The maximum absolute atomic E-state index is 13.9. The SMILES string of the molecule is CCOC(=O)CN(C(=O)c1ccc2c(C(=O)CCc3ccc(C#N)cc3)cn(C)c2c1)c1cccc2cccnc12. The molecule has 2 heterocycles. The van der Waals surface area contributed by atoms with Crippen LogP contribution >= 0.6 is 0 Å². The lowest BCUT2D eigenvalue weighted by atomic mass is 10.0. The number of carbonyl (C=O) groups excluding carboxylic acids is 3. The van der Waals surface area contributed by atoms with E-state index >= 15 is 0 Å². The van der Waals surface area contributed by atoms with Crippen LogP contribution in [0.3, 0.4) is 0 Å². The van der Waals surface area contributed by atoms with Crippen LogP contribution in [0.15, 0.2) is 85.2 Å². The van der Waals surface area contributed by atoms with E-state index in [0.717, 1.165) is 21.9 Å². The van der Waals surface area contributed by atoms with Gasteiger partial charge in [-0.2, -0.15) is 5.26 Å². The number of hydrogen-bond donors (Lipinski definition) is 0. The third kappa shape index (κ3) is 5.70. The summed E-state index contributed by atoms with van der Waals surface area (Å²) in [6, 6.07) is 23.7. The minimum Gasteiger partial charge on any atom is -0.465 e. The number of rotatable bonds is 9. The average molecular weight is 545 g/mol. The molecule has 8 nitrogen and oxygen atoms in total. The predicted octanol–water partition coefficient (Wildman–Crippen LogP) is 5.62. The molecule has 5 aromatic rings. The van der Waals surface area contributed by atoms with Crippen LogP contribution < -0.4 is 4.90 Å². The Morgan fingerprint density at radius 3 is 2.56 bits per heavy atom. The Hall–Kier alpha value is -5.29. The van der Waals surface area contributed by atoms with Gasteiger partial charge in [0.1, 0.15) is 6.54 Å². The first-order chi connectivity index (χ1) is 19.9. The molecule has 3 aromatic carbocycles. The zero-order valence-corrected chi connectivity index (χ0v) is 22.8. The summed E-state index contributed by atoms with van der Waals surface area (Å²) in [5.41, 5.74) is 4.34. The molecular formula is C33H28N4O4. The molecule has 1 amide bonds. The molecule has 0 aliphatic rings. The number of amides is 1. The second-order valence-corrected chi connectivity index (χ2v) is 9.67. The molecule has 0 aliphatic carbocycles. The highest BCUT2D eigenvalue weighted by molar-refractivity contribution is 6.14. The van der Waals surface area contributed by atoms with Crippen molar-refractivity contribution in [2.45, 2.75) is 19.8 Å². The van der Waals surface area contributed by atoms with Gasteiger partial charge in [-0.3, -0.25) is 24.3 Å². The van der Waals surface area contributed by atoms with Crippen LogP contribution in [0.1, 0.15) is 45.2 Å². The molecule has 0 saturated carbocycles. The Kier molecular flexibility index (Phi) is 7.88. The summed E-state index contributed by atoms with van der Waals surface area (Å²) in [6.07, 6.45) is 4.30. The Morgan fingerprint density at radius 2 is 1.80 bits per heavy atom. The number of pyridine rings is 1. The molecule has 8 heteroatoms. The Morgan fingerprint density at radius 1 is 1.02 bits per heavy atom. The van der Waals surface area contributed by atoms with E-state index in [1.165, 1.54) is 4.90 Å². The van der Waals surface area contributed by atoms with Gasteiger partial charge in [-0.15, -0.1) is 0 Å². The summed E-state index contributed by atoms with van der Waals surface area (Å²) in [6.45, 7) is 1.65. The fourth-order valence-electron chi connectivity index (χ4n) is 4.94. The highest BCUT2D eigenvalue weighted by Crippen LogP contribution is 2.29. The van der Waals surface area contributed by atoms with Gasteiger partial charge < -0.3 is 9.30 Å². The van der Waals surface area contributed by atoms with E-state index in [2.05, 4.69) is 11.1 Å². The number of nitriles is 1. The number of anilines is 1. The summed E-state index contributed by atoms with van der Waals surface area (Å²) >= 11 is 0. The van der Waals surface area contributed by atoms with Gasteiger partial charge in [-0.25, -0.2) is 0 Å². The third-order valence-electron chi connectivity index (χ3n) is 7.00. The lowest BCUT2D eigenvalue weighted by Gasteiger charge is -2.23. The highest BCUT2D eigenvalue weighted by atomic mass is 16.5. The number of hydrogen-bond acceptors (Lipinski definition) is 6. The van der Waals surface area contributed by atoms with Gasteiger partial charge in [0.25, 0.3) is 5.91 Å². The standard InChI is InChI=1S/C33H28N4O4/c1-3-41-31(39)21-37(28-8-4-6-24-7-5-17-35-32(24)28)33(40)25-14-15-26-27(20-36(2)29(26)18-25)30(38)16-13-22-9-11-23(19-34)12-10-22/h4-12,14-15,17-18,20H,3,13,16,21H2,1-2H3. The number of ketones is 1. The summed E-state index contributed by atoms with van der Waals surface area (Å²) in [7, 11) is 1.83. The van der Waals surface area contributed by atoms with Crippen molar-refractivity contribution >= 4 is 45.2 Å². The van der Waals surface area contributed by atoms with Crippen LogP contribution in [0.5, 0.6) is 0 Å². The number of Topliss-reactive ketones (excluding diaryl/α,β-unsaturated/α-hetero) is 1. The van der Waals surface area contributed by atoms with Crippen LogP contribution in [-0.4, -0.2) is 40.4 Å². The van der Waals surface area contributed by atoms with Gasteiger partial charge in [0, 0.05) is 53.3 Å². The third-order valence-corrected chi connectivity index (χ3v) is 7.00.